The number of H-pyrrole nitrogens is 1. The zero-order chi connectivity index (χ0) is 14.7. The number of nitrogens with one attached hydrogen (secondary N) is 2. The number of fused-ring (bicyclic) bond motifs is 1. The van der Waals surface area contributed by atoms with E-state index < -0.39 is 0 Å². The Bertz CT molecular complexity index is 676. The van der Waals surface area contributed by atoms with Crippen LogP contribution in [0.1, 0.15) is 22.4 Å². The van der Waals surface area contributed by atoms with Crippen LogP contribution in [-0.2, 0) is 18.7 Å². The summed E-state index contributed by atoms with van der Waals surface area (Å²) < 4.78 is 0. The van der Waals surface area contributed by atoms with Gasteiger partial charge in [0.1, 0.15) is 18.2 Å². The first kappa shape index (κ1) is 14.1. The number of thioether (sulfide) groups is 1. The zero-order valence-electron chi connectivity index (χ0n) is 12.1. The summed E-state index contributed by atoms with van der Waals surface area (Å²) in [6, 6.07) is 14.8. The van der Waals surface area contributed by atoms with Crippen molar-refractivity contribution in [2.45, 2.75) is 23.7 Å². The highest BCUT2D eigenvalue weighted by Crippen LogP contribution is 2.24. The van der Waals surface area contributed by atoms with Crippen molar-refractivity contribution in [3.05, 3.63) is 58.8 Å². The maximum atomic E-state index is 9.39. The van der Waals surface area contributed by atoms with Gasteiger partial charge in [-0.3, -0.25) is 0 Å². The molecule has 0 fully saturated rings. The molecule has 1 aliphatic rings. The number of hydrogen-bond donors (Lipinski definition) is 1. The van der Waals surface area contributed by atoms with E-state index in [-0.39, 0.29) is 0 Å². The Morgan fingerprint density at radius 3 is 2.90 bits per heavy atom. The van der Waals surface area contributed by atoms with E-state index in [0.717, 1.165) is 35.9 Å². The SMILES string of the molecule is C[NH+]1CCc2[nH+]c(SCc3ccccc3)c(C#N)cc2C1. The van der Waals surface area contributed by atoms with Gasteiger partial charge >= 0.3 is 0 Å². The van der Waals surface area contributed by atoms with E-state index in [1.807, 2.05) is 6.07 Å². The highest BCUT2D eigenvalue weighted by Gasteiger charge is 2.25. The van der Waals surface area contributed by atoms with Gasteiger partial charge in [0.15, 0.2) is 5.69 Å². The maximum Gasteiger partial charge on any atom is 0.256 e. The van der Waals surface area contributed by atoms with E-state index in [2.05, 4.69) is 48.4 Å². The summed E-state index contributed by atoms with van der Waals surface area (Å²) >= 11 is 1.71. The number of rotatable bonds is 3. The minimum atomic E-state index is 0.768. The van der Waals surface area contributed by atoms with Gasteiger partial charge in [0.25, 0.3) is 5.03 Å². The normalized spacial score (nSPS) is 17.0. The first-order valence-corrected chi connectivity index (χ1v) is 8.21. The second-order valence-corrected chi connectivity index (χ2v) is 6.52. The summed E-state index contributed by atoms with van der Waals surface area (Å²) in [7, 11) is 2.20. The molecule has 0 saturated heterocycles. The van der Waals surface area contributed by atoms with Crippen molar-refractivity contribution in [1.29, 1.82) is 5.26 Å². The van der Waals surface area contributed by atoms with E-state index in [1.165, 1.54) is 21.7 Å². The molecule has 106 valence electrons. The highest BCUT2D eigenvalue weighted by atomic mass is 32.2. The third-order valence-electron chi connectivity index (χ3n) is 3.86. The fraction of sp³-hybridized carbons (Fsp3) is 0.294. The van der Waals surface area contributed by atoms with Gasteiger partial charge in [-0.25, -0.2) is 4.98 Å². The molecule has 21 heavy (non-hydrogen) atoms. The summed E-state index contributed by atoms with van der Waals surface area (Å²) in [6.45, 7) is 2.16. The molecule has 1 aromatic carbocycles. The first-order valence-electron chi connectivity index (χ1n) is 7.22. The average Bonchev–Trinajstić information content (AvgIpc) is 2.53. The van der Waals surface area contributed by atoms with Gasteiger partial charge in [0.2, 0.25) is 0 Å². The number of hydrogen-bond acceptors (Lipinski definition) is 2. The predicted molar refractivity (Wildman–Crippen MR) is 82.9 cm³/mol. The van der Waals surface area contributed by atoms with E-state index in [0.29, 0.717) is 0 Å². The van der Waals surface area contributed by atoms with Crippen LogP contribution in [0.15, 0.2) is 41.4 Å². The smallest absolute Gasteiger partial charge is 0.256 e. The van der Waals surface area contributed by atoms with Crippen LogP contribution in [-0.4, -0.2) is 13.6 Å². The topological polar surface area (TPSA) is 42.4 Å². The monoisotopic (exact) mass is 297 g/mol. The van der Waals surface area contributed by atoms with Crippen molar-refractivity contribution in [3.8, 4) is 6.07 Å². The molecule has 1 unspecified atom stereocenters. The summed E-state index contributed by atoms with van der Waals surface area (Å²) in [5.41, 5.74) is 4.64. The van der Waals surface area contributed by atoms with E-state index in [1.54, 1.807) is 11.8 Å². The molecule has 1 atom stereocenters. The Labute approximate surface area is 129 Å². The van der Waals surface area contributed by atoms with E-state index in [4.69, 9.17) is 0 Å². The lowest BCUT2D eigenvalue weighted by Gasteiger charge is -2.19. The number of quaternary nitrogens is 1. The van der Waals surface area contributed by atoms with Gasteiger partial charge in [0.05, 0.1) is 25.6 Å². The van der Waals surface area contributed by atoms with Gasteiger partial charge in [-0.1, -0.05) is 42.1 Å². The predicted octanol–water partition coefficient (Wildman–Crippen LogP) is 1.24. The second-order valence-electron chi connectivity index (χ2n) is 5.54. The van der Waals surface area contributed by atoms with Crippen molar-refractivity contribution in [2.75, 3.05) is 13.6 Å². The van der Waals surface area contributed by atoms with Crippen LogP contribution < -0.4 is 9.88 Å². The Morgan fingerprint density at radius 1 is 1.33 bits per heavy atom. The summed E-state index contributed by atoms with van der Waals surface area (Å²) in [5, 5.41) is 10.4. The molecule has 3 rings (SSSR count). The minimum Gasteiger partial charge on any atom is -0.333 e. The lowest BCUT2D eigenvalue weighted by atomic mass is 10.0. The molecule has 0 spiro atoms. The van der Waals surface area contributed by atoms with Crippen LogP contribution in [0.4, 0.5) is 0 Å². The molecular weight excluding hydrogens is 278 g/mol. The van der Waals surface area contributed by atoms with Crippen LogP contribution in [0, 0.1) is 11.3 Å². The average molecular weight is 297 g/mol. The summed E-state index contributed by atoms with van der Waals surface area (Å²) in [5.74, 6) is 0.885. The first-order chi connectivity index (χ1) is 10.3. The van der Waals surface area contributed by atoms with Crippen LogP contribution in [0.2, 0.25) is 0 Å². The van der Waals surface area contributed by atoms with Gasteiger partial charge < -0.3 is 4.90 Å². The largest absolute Gasteiger partial charge is 0.333 e. The van der Waals surface area contributed by atoms with Crippen molar-refractivity contribution in [3.63, 3.8) is 0 Å². The molecule has 4 heteroatoms. The number of likely N-dealkylation sites (N-methyl/N-ethyl adjacent to an activating group) is 1. The molecule has 2 N–H and O–H groups in total. The fourth-order valence-corrected chi connectivity index (χ4v) is 3.63. The number of aromatic amines is 1. The number of nitrogens with zero attached hydrogens (tertiary/aromatic N) is 1. The standard InChI is InChI=1S/C17H17N3S/c1-20-8-7-16-15(11-20)9-14(10-18)17(19-16)21-12-13-5-3-2-4-6-13/h2-6,9H,7-8,11-12H2,1H3/p+2. The molecule has 0 bridgehead atoms. The van der Waals surface area contributed by atoms with Crippen LogP contribution in [0.25, 0.3) is 0 Å². The van der Waals surface area contributed by atoms with E-state index in [9.17, 15) is 5.26 Å². The molecular formula is C17H19N3S+2. The Balaban J connectivity index is 1.83. The molecule has 0 amide bonds. The number of benzene rings is 1. The number of nitriles is 1. The van der Waals surface area contributed by atoms with Crippen LogP contribution >= 0.6 is 11.8 Å². The zero-order valence-corrected chi connectivity index (χ0v) is 13.0. The molecule has 2 heterocycles. The lowest BCUT2D eigenvalue weighted by Crippen LogP contribution is -3.08. The minimum absolute atomic E-state index is 0.768. The van der Waals surface area contributed by atoms with Crippen molar-refractivity contribution in [2.24, 2.45) is 0 Å². The molecule has 0 saturated carbocycles. The molecule has 0 aliphatic carbocycles. The van der Waals surface area contributed by atoms with Gasteiger partial charge in [-0.2, -0.15) is 5.26 Å². The second kappa shape index (κ2) is 6.30. The third-order valence-corrected chi connectivity index (χ3v) is 4.94. The molecule has 2 aromatic rings. The third kappa shape index (κ3) is 3.26. The van der Waals surface area contributed by atoms with Crippen LogP contribution in [0.5, 0.6) is 0 Å². The maximum absolute atomic E-state index is 9.39. The Kier molecular flexibility index (Phi) is 4.23. The summed E-state index contributed by atoms with van der Waals surface area (Å²) in [4.78, 5) is 5.01. The summed E-state index contributed by atoms with van der Waals surface area (Å²) in [6.07, 6.45) is 1.06. The van der Waals surface area contributed by atoms with Crippen molar-refractivity contribution in [1.82, 2.24) is 0 Å². The number of aromatic nitrogens is 1. The Morgan fingerprint density at radius 2 is 2.14 bits per heavy atom. The van der Waals surface area contributed by atoms with Gasteiger partial charge in [-0.05, 0) is 11.6 Å². The molecule has 3 nitrogen and oxygen atoms in total. The quantitative estimate of drug-likeness (QED) is 0.866. The van der Waals surface area contributed by atoms with Crippen molar-refractivity contribution >= 4 is 11.8 Å². The van der Waals surface area contributed by atoms with E-state index >= 15 is 0 Å². The molecule has 0 radical (unpaired) electrons. The van der Waals surface area contributed by atoms with Crippen LogP contribution in [0.3, 0.4) is 0 Å². The Hall–Kier alpha value is -1.83. The highest BCUT2D eigenvalue weighted by molar-refractivity contribution is 7.98. The number of pyridine rings is 1. The van der Waals surface area contributed by atoms with Crippen molar-refractivity contribution < 1.29 is 9.88 Å². The molecule has 1 aliphatic heterocycles. The lowest BCUT2D eigenvalue weighted by molar-refractivity contribution is -0.897. The van der Waals surface area contributed by atoms with Gasteiger partial charge in [0, 0.05) is 5.75 Å². The fourth-order valence-electron chi connectivity index (χ4n) is 2.67. The molecule has 1 aromatic heterocycles. The van der Waals surface area contributed by atoms with Gasteiger partial charge in [-0.15, -0.1) is 0 Å².